The second kappa shape index (κ2) is 12.2. The zero-order valence-electron chi connectivity index (χ0n) is 21.4. The highest BCUT2D eigenvalue weighted by atomic mass is 16.2. The lowest BCUT2D eigenvalue weighted by molar-refractivity contribution is -0.114. The van der Waals surface area contributed by atoms with Crippen molar-refractivity contribution in [1.29, 1.82) is 0 Å². The molecule has 0 radical (unpaired) electrons. The number of anilines is 2. The second-order valence-electron chi connectivity index (χ2n) is 9.64. The molecule has 7 nitrogen and oxygen atoms in total. The number of amides is 3. The molecule has 0 bridgehead atoms. The lowest BCUT2D eigenvalue weighted by Gasteiger charge is -2.30. The number of carbonyl (C=O) groups is 3. The van der Waals surface area contributed by atoms with E-state index in [1.165, 1.54) is 0 Å². The van der Waals surface area contributed by atoms with Gasteiger partial charge in [-0.25, -0.2) is 0 Å². The van der Waals surface area contributed by atoms with Crippen LogP contribution in [0.3, 0.4) is 0 Å². The molecule has 1 aliphatic heterocycles. The van der Waals surface area contributed by atoms with Crippen LogP contribution in [0, 0.1) is 5.92 Å². The minimum atomic E-state index is -0.246. The number of likely N-dealkylation sites (tertiary alicyclic amines) is 1. The first kappa shape index (κ1) is 25.9. The first-order chi connectivity index (χ1) is 17.9. The summed E-state index contributed by atoms with van der Waals surface area (Å²) in [6.07, 6.45) is 2.03. The summed E-state index contributed by atoms with van der Waals surface area (Å²) >= 11 is 0. The molecule has 1 saturated heterocycles. The highest BCUT2D eigenvalue weighted by molar-refractivity contribution is 5.98. The Labute approximate surface area is 218 Å². The van der Waals surface area contributed by atoms with Crippen molar-refractivity contribution in [3.63, 3.8) is 0 Å². The molecule has 1 heterocycles. The smallest absolute Gasteiger partial charge is 0.253 e. The summed E-state index contributed by atoms with van der Waals surface area (Å²) in [5, 5.41) is 8.92. The summed E-state index contributed by atoms with van der Waals surface area (Å²) in [6.45, 7) is 5.71. The van der Waals surface area contributed by atoms with Gasteiger partial charge in [0.05, 0.1) is 12.6 Å². The molecule has 0 spiro atoms. The molecule has 3 N–H and O–H groups in total. The molecule has 0 aromatic heterocycles. The molecular formula is C30H34N4O3. The zero-order valence-corrected chi connectivity index (χ0v) is 21.4. The molecule has 37 heavy (non-hydrogen) atoms. The van der Waals surface area contributed by atoms with Crippen LogP contribution in [0.2, 0.25) is 0 Å². The van der Waals surface area contributed by atoms with Crippen LogP contribution in [0.25, 0.3) is 0 Å². The minimum Gasteiger partial charge on any atom is -0.376 e. The summed E-state index contributed by atoms with van der Waals surface area (Å²) in [6, 6.07) is 23.7. The number of rotatable bonds is 8. The van der Waals surface area contributed by atoms with Crippen molar-refractivity contribution in [2.75, 3.05) is 30.3 Å². The van der Waals surface area contributed by atoms with Gasteiger partial charge in [-0.05, 0) is 67.6 Å². The quantitative estimate of drug-likeness (QED) is 0.403. The zero-order chi connectivity index (χ0) is 26.2. The Bertz CT molecular complexity index is 1240. The van der Waals surface area contributed by atoms with Crippen LogP contribution in [0.15, 0.2) is 78.9 Å². The number of nitrogens with zero attached hydrogens (tertiary/aromatic N) is 1. The van der Waals surface area contributed by atoms with E-state index in [1.807, 2.05) is 48.2 Å². The van der Waals surface area contributed by atoms with Crippen LogP contribution < -0.4 is 16.0 Å². The van der Waals surface area contributed by atoms with E-state index in [4.69, 9.17) is 0 Å². The summed E-state index contributed by atoms with van der Waals surface area (Å²) in [7, 11) is 0. The van der Waals surface area contributed by atoms with Crippen LogP contribution in [-0.4, -0.2) is 42.3 Å². The lowest BCUT2D eigenvalue weighted by Crippen LogP contribution is -2.37. The van der Waals surface area contributed by atoms with E-state index in [-0.39, 0.29) is 30.3 Å². The van der Waals surface area contributed by atoms with Gasteiger partial charge in [-0.3, -0.25) is 14.4 Å². The molecule has 0 saturated carbocycles. The Kier molecular flexibility index (Phi) is 8.56. The third kappa shape index (κ3) is 7.19. The topological polar surface area (TPSA) is 90.5 Å². The summed E-state index contributed by atoms with van der Waals surface area (Å²) in [5.41, 5.74) is 3.35. The van der Waals surface area contributed by atoms with Gasteiger partial charge in [-0.15, -0.1) is 0 Å². The number of piperidine rings is 1. The van der Waals surface area contributed by atoms with Gasteiger partial charge in [0, 0.05) is 35.6 Å². The first-order valence-electron chi connectivity index (χ1n) is 12.8. The molecule has 1 aliphatic rings. The van der Waals surface area contributed by atoms with E-state index in [9.17, 15) is 14.4 Å². The first-order valence-corrected chi connectivity index (χ1v) is 12.8. The number of hydrogen-bond acceptors (Lipinski definition) is 4. The third-order valence-corrected chi connectivity index (χ3v) is 6.69. The van der Waals surface area contributed by atoms with Crippen molar-refractivity contribution in [3.05, 3.63) is 95.6 Å². The van der Waals surface area contributed by atoms with Crippen molar-refractivity contribution in [1.82, 2.24) is 10.2 Å². The van der Waals surface area contributed by atoms with E-state index in [2.05, 4.69) is 22.9 Å². The van der Waals surface area contributed by atoms with E-state index in [0.29, 0.717) is 28.4 Å². The molecule has 3 aromatic carbocycles. The molecule has 192 valence electrons. The van der Waals surface area contributed by atoms with Gasteiger partial charge in [0.15, 0.2) is 0 Å². The maximum absolute atomic E-state index is 12.9. The van der Waals surface area contributed by atoms with Crippen LogP contribution in [0.5, 0.6) is 0 Å². The van der Waals surface area contributed by atoms with Crippen LogP contribution >= 0.6 is 0 Å². The molecule has 1 unspecified atom stereocenters. The Morgan fingerprint density at radius 3 is 2.24 bits per heavy atom. The number of hydrogen-bond donors (Lipinski definition) is 3. The number of carbonyl (C=O) groups excluding carboxylic acids is 3. The number of benzene rings is 3. The fraction of sp³-hybridized carbons (Fsp3) is 0.300. The van der Waals surface area contributed by atoms with Crippen molar-refractivity contribution in [2.24, 2.45) is 5.92 Å². The Balaban J connectivity index is 1.30. The van der Waals surface area contributed by atoms with Crippen LogP contribution in [-0.2, 0) is 4.79 Å². The fourth-order valence-corrected chi connectivity index (χ4v) is 4.39. The Hall–Kier alpha value is -4.13. The van der Waals surface area contributed by atoms with Crippen molar-refractivity contribution in [2.45, 2.75) is 32.7 Å². The molecule has 0 aliphatic carbocycles. The normalized spacial score (nSPS) is 14.5. The monoisotopic (exact) mass is 498 g/mol. The van der Waals surface area contributed by atoms with Crippen LogP contribution in [0.4, 0.5) is 11.4 Å². The standard InChI is InChI=1S/C30H34N4O3/c1-21-14-16-34(17-15-21)30(37)25-11-7-13-27(19-25)33-28(35)20-31-26-12-6-10-24(18-26)29(36)32-22(2)23-8-4-3-5-9-23/h3-13,18-19,21-22,31H,14-17,20H2,1-2H3,(H,32,36)(H,33,35). The average molecular weight is 499 g/mol. The molecule has 4 rings (SSSR count). The van der Waals surface area contributed by atoms with E-state index >= 15 is 0 Å². The van der Waals surface area contributed by atoms with Gasteiger partial charge in [0.25, 0.3) is 11.8 Å². The van der Waals surface area contributed by atoms with Gasteiger partial charge < -0.3 is 20.9 Å². The predicted octanol–water partition coefficient (Wildman–Crippen LogP) is 5.10. The van der Waals surface area contributed by atoms with E-state index in [0.717, 1.165) is 31.5 Å². The van der Waals surface area contributed by atoms with Crippen LogP contribution in [0.1, 0.15) is 59.0 Å². The molecule has 3 aromatic rings. The molecule has 7 heteroatoms. The highest BCUT2D eigenvalue weighted by Gasteiger charge is 2.21. The van der Waals surface area contributed by atoms with Crippen molar-refractivity contribution < 1.29 is 14.4 Å². The number of nitrogens with one attached hydrogen (secondary N) is 3. The SMILES string of the molecule is CC1CCN(C(=O)c2cccc(NC(=O)CNc3cccc(C(=O)NC(C)c4ccccc4)c3)c2)CC1. The second-order valence-corrected chi connectivity index (χ2v) is 9.64. The fourth-order valence-electron chi connectivity index (χ4n) is 4.39. The largest absolute Gasteiger partial charge is 0.376 e. The highest BCUT2D eigenvalue weighted by Crippen LogP contribution is 2.20. The Morgan fingerprint density at radius 2 is 1.51 bits per heavy atom. The van der Waals surface area contributed by atoms with E-state index in [1.54, 1.807) is 42.5 Å². The van der Waals surface area contributed by atoms with E-state index < -0.39 is 0 Å². The summed E-state index contributed by atoms with van der Waals surface area (Å²) < 4.78 is 0. The predicted molar refractivity (Wildman–Crippen MR) is 147 cm³/mol. The maximum Gasteiger partial charge on any atom is 0.253 e. The van der Waals surface area contributed by atoms with Crippen molar-refractivity contribution >= 4 is 29.1 Å². The summed E-state index contributed by atoms with van der Waals surface area (Å²) in [4.78, 5) is 40.0. The minimum absolute atomic E-state index is 0.00204. The van der Waals surface area contributed by atoms with Gasteiger partial charge >= 0.3 is 0 Å². The molecular weight excluding hydrogens is 464 g/mol. The van der Waals surface area contributed by atoms with Gasteiger partial charge in [0.1, 0.15) is 0 Å². The van der Waals surface area contributed by atoms with Gasteiger partial charge in [-0.1, -0.05) is 49.4 Å². The van der Waals surface area contributed by atoms with Crippen molar-refractivity contribution in [3.8, 4) is 0 Å². The Morgan fingerprint density at radius 1 is 0.865 bits per heavy atom. The molecule has 3 amide bonds. The molecule has 1 fully saturated rings. The third-order valence-electron chi connectivity index (χ3n) is 6.69. The maximum atomic E-state index is 12.9. The molecule has 1 atom stereocenters. The summed E-state index contributed by atoms with van der Waals surface area (Å²) in [5.74, 6) is 0.214. The van der Waals surface area contributed by atoms with Gasteiger partial charge in [0.2, 0.25) is 5.91 Å². The van der Waals surface area contributed by atoms with Gasteiger partial charge in [-0.2, -0.15) is 0 Å². The average Bonchev–Trinajstić information content (AvgIpc) is 2.92. The lowest BCUT2D eigenvalue weighted by atomic mass is 9.98.